The van der Waals surface area contributed by atoms with E-state index in [-0.39, 0.29) is 0 Å². The number of aliphatic carboxylic acids is 3. The van der Waals surface area contributed by atoms with Crippen LogP contribution in [0.2, 0.25) is 4.44 Å². The van der Waals surface area contributed by atoms with E-state index in [0.717, 1.165) is 18.2 Å². The number of carboxylic acids is 3. The van der Waals surface area contributed by atoms with Crippen LogP contribution in [0.25, 0.3) is 0 Å². The molecule has 0 atom stereocenters. The fraction of sp³-hybridized carbons (Fsp3) is 0.438. The first kappa shape index (κ1) is 29.4. The molecule has 0 radical (unpaired) electrons. The quantitative estimate of drug-likeness (QED) is 0.420. The molecule has 0 aromatic heterocycles. The minimum atomic E-state index is -1.14. The van der Waals surface area contributed by atoms with Crippen molar-refractivity contribution in [1.82, 2.24) is 0 Å². The van der Waals surface area contributed by atoms with Crippen molar-refractivity contribution >= 4 is 40.4 Å². The number of carbonyl (C=O) groups excluding carboxylic acids is 3. The molecule has 0 unspecified atom stereocenters. The van der Waals surface area contributed by atoms with Crippen molar-refractivity contribution in [3.63, 3.8) is 0 Å². The third-order valence-corrected chi connectivity index (χ3v) is 2.45. The Kier molecular flexibility index (Phi) is 36.6. The van der Waals surface area contributed by atoms with Crippen molar-refractivity contribution in [3.8, 4) is 0 Å². The molecule has 0 heterocycles. The molecule has 0 aliphatic heterocycles. The van der Waals surface area contributed by atoms with Crippen LogP contribution in [0.4, 0.5) is 0 Å². The van der Waals surface area contributed by atoms with E-state index in [1.807, 2.05) is 0 Å². The molecule has 0 saturated carbocycles. The average Bonchev–Trinajstić information content (AvgIpc) is 2.41. The van der Waals surface area contributed by atoms with Crippen LogP contribution < -0.4 is 15.3 Å². The van der Waals surface area contributed by atoms with E-state index in [2.05, 4.69) is 6.92 Å². The second-order valence-electron chi connectivity index (χ2n) is 3.56. The monoisotopic (exact) mass is 432 g/mol. The zero-order valence-electron chi connectivity index (χ0n) is 14.0. The summed E-state index contributed by atoms with van der Waals surface area (Å²) in [7, 11) is 0. The van der Waals surface area contributed by atoms with Crippen LogP contribution in [-0.4, -0.2) is 40.4 Å². The molecule has 0 spiro atoms. The van der Waals surface area contributed by atoms with Crippen LogP contribution in [0.3, 0.4) is 0 Å². The third kappa shape index (κ3) is 78.0. The Hall–Kier alpha value is -1.57. The molecular formula is C16H24O6Sn. The van der Waals surface area contributed by atoms with Gasteiger partial charge in [0.05, 0.1) is 17.9 Å². The molecule has 0 aromatic carbocycles. The number of unbranched alkanes of at least 4 members (excludes halogenated alkanes) is 1. The van der Waals surface area contributed by atoms with Gasteiger partial charge >= 0.3 is 46.7 Å². The summed E-state index contributed by atoms with van der Waals surface area (Å²) < 4.78 is 1.43. The van der Waals surface area contributed by atoms with E-state index < -0.39 is 17.9 Å². The molecule has 7 heteroatoms. The van der Waals surface area contributed by atoms with Gasteiger partial charge in [-0.05, 0) is 39.0 Å². The van der Waals surface area contributed by atoms with Crippen LogP contribution in [0.5, 0.6) is 0 Å². The Bertz CT molecular complexity index is 318. The topological polar surface area (TPSA) is 120 Å². The number of allylic oxidation sites excluding steroid dienone is 3. The van der Waals surface area contributed by atoms with Gasteiger partial charge in [-0.1, -0.05) is 18.2 Å². The van der Waals surface area contributed by atoms with Crippen molar-refractivity contribution in [2.24, 2.45) is 0 Å². The van der Waals surface area contributed by atoms with Crippen LogP contribution in [0, 0.1) is 0 Å². The molecule has 0 aliphatic carbocycles. The van der Waals surface area contributed by atoms with Gasteiger partial charge in [0, 0.05) is 0 Å². The molecular weight excluding hydrogens is 407 g/mol. The zero-order valence-corrected chi connectivity index (χ0v) is 16.9. The van der Waals surface area contributed by atoms with Crippen molar-refractivity contribution in [2.75, 3.05) is 0 Å². The Labute approximate surface area is 151 Å². The Morgan fingerprint density at radius 1 is 0.783 bits per heavy atom. The molecule has 0 fully saturated rings. The van der Waals surface area contributed by atoms with E-state index in [9.17, 15) is 29.7 Å². The predicted molar refractivity (Wildman–Crippen MR) is 84.9 cm³/mol. The van der Waals surface area contributed by atoms with Crippen LogP contribution >= 0.6 is 0 Å². The number of carboxylic acid groups (broad SMARTS) is 3. The fourth-order valence-electron chi connectivity index (χ4n) is 0.585. The molecule has 0 N–H and O–H groups in total. The summed E-state index contributed by atoms with van der Waals surface area (Å²) in [5.74, 6) is -3.42. The van der Waals surface area contributed by atoms with Gasteiger partial charge in [-0.3, -0.25) is 0 Å². The van der Waals surface area contributed by atoms with Gasteiger partial charge in [0.15, 0.2) is 0 Å². The van der Waals surface area contributed by atoms with Gasteiger partial charge in [0.2, 0.25) is 0 Å². The summed E-state index contributed by atoms with van der Waals surface area (Å²) in [5.41, 5.74) is 0. The van der Waals surface area contributed by atoms with Gasteiger partial charge in [-0.15, -0.1) is 0 Å². The van der Waals surface area contributed by atoms with Crippen LogP contribution in [-0.2, 0) is 14.4 Å². The molecule has 0 aliphatic rings. The summed E-state index contributed by atoms with van der Waals surface area (Å²) in [6, 6.07) is 0. The number of rotatable bonds is 5. The molecule has 0 saturated heterocycles. The SMILES string of the molecule is C/C=C\C(=O)[O-].C/C=C\C(=O)[O-].C/C=C\C(=O)[O-].CCC[CH2][Sn+3]. The predicted octanol–water partition coefficient (Wildman–Crippen LogP) is -0.689. The van der Waals surface area contributed by atoms with Gasteiger partial charge in [-0.25, -0.2) is 0 Å². The van der Waals surface area contributed by atoms with Gasteiger partial charge in [0.25, 0.3) is 0 Å². The van der Waals surface area contributed by atoms with E-state index in [4.69, 9.17) is 0 Å². The minimum absolute atomic E-state index is 0.972. The van der Waals surface area contributed by atoms with Crippen molar-refractivity contribution in [3.05, 3.63) is 36.5 Å². The Morgan fingerprint density at radius 2 is 1.04 bits per heavy atom. The first-order valence-electron chi connectivity index (χ1n) is 6.88. The van der Waals surface area contributed by atoms with Crippen molar-refractivity contribution < 1.29 is 29.7 Å². The summed E-state index contributed by atoms with van der Waals surface area (Å²) in [5, 5.41) is 28.2. The first-order chi connectivity index (χ1) is 10.7. The summed E-state index contributed by atoms with van der Waals surface area (Å²) in [6.45, 7) is 7.09. The zero-order chi connectivity index (χ0) is 19.1. The standard InChI is InChI=1S/3C4H6O2.C4H9.Sn/c3*1-2-3-4(5)6;1-3-4-2;/h3*2-3H,1H3,(H,5,6);1,3-4H2,2H3;/q;;;;+3/p-3/b3*3-2-;;. The number of hydrogen-bond donors (Lipinski definition) is 0. The van der Waals surface area contributed by atoms with E-state index >= 15 is 0 Å². The average molecular weight is 431 g/mol. The van der Waals surface area contributed by atoms with Crippen LogP contribution in [0.1, 0.15) is 40.5 Å². The number of carbonyl (C=O) groups is 3. The van der Waals surface area contributed by atoms with E-state index in [1.165, 1.54) is 35.5 Å². The van der Waals surface area contributed by atoms with Gasteiger partial charge < -0.3 is 29.7 Å². The van der Waals surface area contributed by atoms with Gasteiger partial charge in [-0.2, -0.15) is 0 Å². The second kappa shape index (κ2) is 28.6. The maximum atomic E-state index is 9.40. The fourth-order valence-corrected chi connectivity index (χ4v) is 1.59. The van der Waals surface area contributed by atoms with Crippen molar-refractivity contribution in [2.45, 2.75) is 45.0 Å². The molecule has 0 bridgehead atoms. The Morgan fingerprint density at radius 3 is 1.04 bits per heavy atom. The second-order valence-corrected chi connectivity index (χ2v) is 4.99. The molecule has 0 aromatic rings. The van der Waals surface area contributed by atoms with E-state index in [1.54, 1.807) is 43.3 Å². The maximum absolute atomic E-state index is 9.40. The molecule has 128 valence electrons. The Balaban J connectivity index is -0.000000105. The molecule has 6 nitrogen and oxygen atoms in total. The normalized spacial score (nSPS) is 9.30. The summed E-state index contributed by atoms with van der Waals surface area (Å²) in [4.78, 5) is 28.2. The first-order valence-corrected chi connectivity index (χ1v) is 8.90. The molecule has 0 rings (SSSR count). The summed E-state index contributed by atoms with van der Waals surface area (Å²) in [6.07, 6.45) is 9.95. The summed E-state index contributed by atoms with van der Waals surface area (Å²) >= 11 is 1.68. The van der Waals surface area contributed by atoms with Crippen LogP contribution in [0.15, 0.2) is 36.5 Å². The van der Waals surface area contributed by atoms with E-state index in [0.29, 0.717) is 0 Å². The molecule has 0 amide bonds. The number of hydrogen-bond acceptors (Lipinski definition) is 6. The third-order valence-electron chi connectivity index (χ3n) is 1.44. The van der Waals surface area contributed by atoms with Crippen molar-refractivity contribution in [1.29, 1.82) is 0 Å². The molecule has 23 heavy (non-hydrogen) atoms. The van der Waals surface area contributed by atoms with Gasteiger partial charge in [0.1, 0.15) is 0 Å².